The molecule has 9 nitrogen and oxygen atoms in total. The number of furan rings is 2. The zero-order chi connectivity index (χ0) is 19.8. The minimum Gasteiger partial charge on any atom is -0.475 e. The summed E-state index contributed by atoms with van der Waals surface area (Å²) in [6.45, 7) is 2.18. The zero-order valence-corrected chi connectivity index (χ0v) is 15.7. The van der Waals surface area contributed by atoms with Crippen molar-refractivity contribution in [3.8, 4) is 0 Å². The summed E-state index contributed by atoms with van der Waals surface area (Å²) in [7, 11) is -2.53. The number of amides is 1. The van der Waals surface area contributed by atoms with Gasteiger partial charge in [-0.15, -0.1) is 0 Å². The third kappa shape index (κ3) is 3.76. The molecular formula is C17H20N2O7S. The molecule has 2 aromatic heterocycles. The van der Waals surface area contributed by atoms with Crippen molar-refractivity contribution in [2.45, 2.75) is 37.4 Å². The van der Waals surface area contributed by atoms with Crippen molar-refractivity contribution in [1.29, 1.82) is 0 Å². The van der Waals surface area contributed by atoms with Crippen LogP contribution in [0.5, 0.6) is 0 Å². The number of nitrogens with zero attached hydrogens (tertiary/aromatic N) is 2. The predicted octanol–water partition coefficient (Wildman–Crippen LogP) is 1.69. The van der Waals surface area contributed by atoms with E-state index in [1.165, 1.54) is 4.90 Å². The first-order chi connectivity index (χ1) is 12.7. The maximum Gasteiger partial charge on any atom is 0.371 e. The zero-order valence-electron chi connectivity index (χ0n) is 14.9. The number of hydrogen-bond acceptors (Lipinski definition) is 6. The van der Waals surface area contributed by atoms with Gasteiger partial charge in [0.05, 0.1) is 6.54 Å². The maximum absolute atomic E-state index is 12.8. The summed E-state index contributed by atoms with van der Waals surface area (Å²) >= 11 is 0. The third-order valence-corrected chi connectivity index (χ3v) is 6.19. The Hall–Kier alpha value is -2.59. The molecule has 0 radical (unpaired) electrons. The molecule has 0 spiro atoms. The number of carbonyl (C=O) groups excluding carboxylic acids is 1. The summed E-state index contributed by atoms with van der Waals surface area (Å²) in [5.41, 5.74) is 0. The number of likely N-dealkylation sites (N-methyl/N-ethyl adjacent to an activating group) is 1. The smallest absolute Gasteiger partial charge is 0.371 e. The van der Waals surface area contributed by atoms with Crippen LogP contribution < -0.4 is 0 Å². The van der Waals surface area contributed by atoms with Crippen molar-refractivity contribution in [3.63, 3.8) is 0 Å². The van der Waals surface area contributed by atoms with Crippen LogP contribution in [0.15, 0.2) is 38.2 Å². The van der Waals surface area contributed by atoms with E-state index >= 15 is 0 Å². The fraction of sp³-hybridized carbons (Fsp3) is 0.412. The van der Waals surface area contributed by atoms with Gasteiger partial charge in [0.15, 0.2) is 0 Å². The Balaban J connectivity index is 1.78. The molecule has 0 bridgehead atoms. The highest BCUT2D eigenvalue weighted by Crippen LogP contribution is 2.28. The number of carboxylic acids is 1. The van der Waals surface area contributed by atoms with Gasteiger partial charge in [0.1, 0.15) is 17.6 Å². The molecule has 10 heteroatoms. The molecule has 1 fully saturated rings. The van der Waals surface area contributed by atoms with E-state index in [1.807, 2.05) is 0 Å². The van der Waals surface area contributed by atoms with Gasteiger partial charge in [0.25, 0.3) is 10.0 Å². The van der Waals surface area contributed by atoms with Gasteiger partial charge < -0.3 is 18.8 Å². The van der Waals surface area contributed by atoms with E-state index in [4.69, 9.17) is 13.9 Å². The van der Waals surface area contributed by atoms with Gasteiger partial charge in [-0.05, 0) is 44.0 Å². The molecule has 2 aromatic rings. The van der Waals surface area contributed by atoms with Gasteiger partial charge in [-0.3, -0.25) is 4.79 Å². The molecule has 1 atom stereocenters. The number of aromatic carboxylic acids is 1. The number of rotatable bonds is 6. The van der Waals surface area contributed by atoms with Crippen LogP contribution in [0.3, 0.4) is 0 Å². The van der Waals surface area contributed by atoms with Crippen LogP contribution in [-0.2, 0) is 21.4 Å². The minimum atomic E-state index is -4.12. The van der Waals surface area contributed by atoms with Crippen LogP contribution in [0, 0.1) is 6.92 Å². The van der Waals surface area contributed by atoms with Crippen LogP contribution in [0.25, 0.3) is 0 Å². The Bertz CT molecular complexity index is 960. The van der Waals surface area contributed by atoms with Gasteiger partial charge in [-0.2, -0.15) is 4.31 Å². The quantitative estimate of drug-likeness (QED) is 0.788. The first-order valence-corrected chi connectivity index (χ1v) is 9.79. The van der Waals surface area contributed by atoms with Gasteiger partial charge in [-0.25, -0.2) is 13.2 Å². The van der Waals surface area contributed by atoms with Crippen molar-refractivity contribution >= 4 is 21.9 Å². The fourth-order valence-electron chi connectivity index (χ4n) is 3.10. The van der Waals surface area contributed by atoms with Crippen molar-refractivity contribution in [3.05, 3.63) is 41.5 Å². The van der Waals surface area contributed by atoms with Crippen LogP contribution in [0.2, 0.25) is 0 Å². The second-order valence-electron chi connectivity index (χ2n) is 6.40. The molecule has 1 amide bonds. The van der Waals surface area contributed by atoms with E-state index in [0.29, 0.717) is 18.6 Å². The lowest BCUT2D eigenvalue weighted by Crippen LogP contribution is -2.46. The second-order valence-corrected chi connectivity index (χ2v) is 8.23. The summed E-state index contributed by atoms with van der Waals surface area (Å²) in [5.74, 6) is -0.856. The van der Waals surface area contributed by atoms with Crippen molar-refractivity contribution < 1.29 is 31.9 Å². The Labute approximate surface area is 156 Å². The van der Waals surface area contributed by atoms with E-state index < -0.39 is 32.9 Å². The van der Waals surface area contributed by atoms with E-state index in [0.717, 1.165) is 22.2 Å². The molecule has 0 saturated carbocycles. The highest BCUT2D eigenvalue weighted by Gasteiger charge is 2.42. The minimum absolute atomic E-state index is 0.162. The largest absolute Gasteiger partial charge is 0.475 e. The number of sulfonamides is 1. The highest BCUT2D eigenvalue weighted by molar-refractivity contribution is 7.89. The van der Waals surface area contributed by atoms with Gasteiger partial charge in [0, 0.05) is 13.6 Å². The van der Waals surface area contributed by atoms with E-state index in [2.05, 4.69) is 0 Å². The molecule has 1 unspecified atom stereocenters. The van der Waals surface area contributed by atoms with E-state index in [-0.39, 0.29) is 19.0 Å². The molecule has 0 aliphatic carbocycles. The molecule has 3 heterocycles. The summed E-state index contributed by atoms with van der Waals surface area (Å²) in [6.07, 6.45) is 0.905. The van der Waals surface area contributed by atoms with Gasteiger partial charge in [-0.1, -0.05) is 0 Å². The number of carboxylic acid groups (broad SMARTS) is 1. The van der Waals surface area contributed by atoms with Crippen LogP contribution in [-0.4, -0.2) is 54.2 Å². The average Bonchev–Trinajstić information content (AvgIpc) is 3.34. The lowest BCUT2D eigenvalue weighted by molar-refractivity contribution is -0.134. The average molecular weight is 396 g/mol. The first-order valence-electron chi connectivity index (χ1n) is 8.35. The van der Waals surface area contributed by atoms with E-state index in [1.54, 1.807) is 26.1 Å². The molecule has 27 heavy (non-hydrogen) atoms. The molecule has 146 valence electrons. The monoisotopic (exact) mass is 396 g/mol. The van der Waals surface area contributed by atoms with Crippen LogP contribution in [0.1, 0.15) is 34.9 Å². The Kier molecular flexibility index (Phi) is 5.11. The molecule has 1 aliphatic rings. The standard InChI is InChI=1S/C17H20N2O7S/c1-11-5-6-12(25-11)10-18(2)16(20)13-4-3-9-19(13)27(23,24)15-8-7-14(26-15)17(21)22/h5-8,13H,3-4,9-10H2,1-2H3,(H,21,22). The van der Waals surface area contributed by atoms with Gasteiger partial charge in [0.2, 0.25) is 16.8 Å². The number of aryl methyl sites for hydroxylation is 1. The first kappa shape index (κ1) is 19.2. The number of carbonyl (C=O) groups is 2. The predicted molar refractivity (Wildman–Crippen MR) is 92.5 cm³/mol. The summed E-state index contributed by atoms with van der Waals surface area (Å²) in [4.78, 5) is 25.2. The maximum atomic E-state index is 12.8. The molecule has 1 aliphatic heterocycles. The molecule has 1 N–H and O–H groups in total. The fourth-order valence-corrected chi connectivity index (χ4v) is 4.67. The summed E-state index contributed by atoms with van der Waals surface area (Å²) < 4.78 is 37.1. The Morgan fingerprint density at radius 2 is 2.00 bits per heavy atom. The van der Waals surface area contributed by atoms with Gasteiger partial charge >= 0.3 is 5.97 Å². The summed E-state index contributed by atoms with van der Waals surface area (Å²) in [6, 6.07) is 4.85. The lowest BCUT2D eigenvalue weighted by Gasteiger charge is -2.26. The Morgan fingerprint density at radius 3 is 2.59 bits per heavy atom. The molecule has 3 rings (SSSR count). The van der Waals surface area contributed by atoms with Crippen molar-refractivity contribution in [2.24, 2.45) is 0 Å². The molecule has 0 aromatic carbocycles. The molecule has 1 saturated heterocycles. The highest BCUT2D eigenvalue weighted by atomic mass is 32.2. The molecular weight excluding hydrogens is 376 g/mol. The summed E-state index contributed by atoms with van der Waals surface area (Å²) in [5, 5.41) is 8.43. The number of hydrogen-bond donors (Lipinski definition) is 1. The van der Waals surface area contributed by atoms with Crippen molar-refractivity contribution in [1.82, 2.24) is 9.21 Å². The second kappa shape index (κ2) is 7.20. The Morgan fingerprint density at radius 1 is 1.26 bits per heavy atom. The third-order valence-electron chi connectivity index (χ3n) is 4.41. The van der Waals surface area contributed by atoms with Crippen LogP contribution in [0.4, 0.5) is 0 Å². The topological polar surface area (TPSA) is 121 Å². The normalized spacial score (nSPS) is 17.9. The lowest BCUT2D eigenvalue weighted by atomic mass is 10.2. The van der Waals surface area contributed by atoms with Crippen molar-refractivity contribution in [2.75, 3.05) is 13.6 Å². The van der Waals surface area contributed by atoms with Crippen LogP contribution >= 0.6 is 0 Å². The van der Waals surface area contributed by atoms with E-state index in [9.17, 15) is 18.0 Å². The SMILES string of the molecule is Cc1ccc(CN(C)C(=O)C2CCCN2S(=O)(=O)c2ccc(C(=O)O)o2)o1.